The molecule has 0 spiro atoms. The van der Waals surface area contributed by atoms with E-state index in [2.05, 4.69) is 11.4 Å². The minimum Gasteiger partial charge on any atom is -0.454 e. The highest BCUT2D eigenvalue weighted by molar-refractivity contribution is 5.52. The Morgan fingerprint density at radius 1 is 1.07 bits per heavy atom. The molecule has 14 heavy (non-hydrogen) atoms. The van der Waals surface area contributed by atoms with Crippen molar-refractivity contribution in [1.29, 1.82) is 0 Å². The van der Waals surface area contributed by atoms with E-state index in [1.54, 1.807) is 0 Å². The second kappa shape index (κ2) is 3.17. The topological polar surface area (TPSA) is 30.5 Å². The zero-order chi connectivity index (χ0) is 9.38. The normalized spacial score (nSPS) is 18.9. The Kier molecular flexibility index (Phi) is 1.84. The lowest BCUT2D eigenvalue weighted by Gasteiger charge is -2.07. The van der Waals surface area contributed by atoms with Crippen LogP contribution in [-0.2, 0) is 12.8 Å². The summed E-state index contributed by atoms with van der Waals surface area (Å²) >= 11 is 0. The number of hydrogen-bond acceptors (Lipinski definition) is 3. The van der Waals surface area contributed by atoms with Gasteiger partial charge < -0.3 is 14.8 Å². The highest BCUT2D eigenvalue weighted by Crippen LogP contribution is 2.38. The molecule has 74 valence electrons. The first kappa shape index (κ1) is 8.12. The van der Waals surface area contributed by atoms with E-state index in [4.69, 9.17) is 9.47 Å². The van der Waals surface area contributed by atoms with Gasteiger partial charge in [0.15, 0.2) is 11.5 Å². The maximum Gasteiger partial charge on any atom is 0.231 e. The Labute approximate surface area is 83.0 Å². The SMILES string of the molecule is c1cc2c(c3c1CCNCC3)OCO2. The van der Waals surface area contributed by atoms with Crippen LogP contribution in [0.2, 0.25) is 0 Å². The molecule has 0 aromatic heterocycles. The van der Waals surface area contributed by atoms with Crippen LogP contribution in [-0.4, -0.2) is 19.9 Å². The monoisotopic (exact) mass is 191 g/mol. The van der Waals surface area contributed by atoms with Gasteiger partial charge in [0.1, 0.15) is 0 Å². The third-order valence-electron chi connectivity index (χ3n) is 2.86. The maximum atomic E-state index is 5.50. The van der Waals surface area contributed by atoms with Crippen LogP contribution in [0.3, 0.4) is 0 Å². The summed E-state index contributed by atoms with van der Waals surface area (Å²) in [4.78, 5) is 0. The van der Waals surface area contributed by atoms with Crippen molar-refractivity contribution in [3.05, 3.63) is 23.3 Å². The lowest BCUT2D eigenvalue weighted by atomic mass is 10.0. The molecule has 0 unspecified atom stereocenters. The lowest BCUT2D eigenvalue weighted by Crippen LogP contribution is -2.16. The van der Waals surface area contributed by atoms with E-state index in [0.717, 1.165) is 37.4 Å². The molecule has 0 bridgehead atoms. The van der Waals surface area contributed by atoms with Crippen molar-refractivity contribution in [2.24, 2.45) is 0 Å². The molecule has 1 aromatic rings. The van der Waals surface area contributed by atoms with Gasteiger partial charge in [-0.25, -0.2) is 0 Å². The van der Waals surface area contributed by atoms with Gasteiger partial charge in [-0.2, -0.15) is 0 Å². The zero-order valence-electron chi connectivity index (χ0n) is 8.01. The van der Waals surface area contributed by atoms with Crippen LogP contribution in [0.25, 0.3) is 0 Å². The second-order valence-corrected chi connectivity index (χ2v) is 3.69. The molecule has 0 aliphatic carbocycles. The van der Waals surface area contributed by atoms with Crippen LogP contribution in [0, 0.1) is 0 Å². The van der Waals surface area contributed by atoms with E-state index in [0.29, 0.717) is 6.79 Å². The summed E-state index contributed by atoms with van der Waals surface area (Å²) < 4.78 is 10.9. The fourth-order valence-corrected chi connectivity index (χ4v) is 2.14. The van der Waals surface area contributed by atoms with Crippen molar-refractivity contribution in [2.45, 2.75) is 12.8 Å². The number of benzene rings is 1. The molecule has 0 fully saturated rings. The molecular formula is C11H13NO2. The van der Waals surface area contributed by atoms with Crippen LogP contribution in [0.4, 0.5) is 0 Å². The molecule has 0 radical (unpaired) electrons. The summed E-state index contributed by atoms with van der Waals surface area (Å²) in [6, 6.07) is 4.18. The molecule has 3 heteroatoms. The molecule has 0 saturated carbocycles. The van der Waals surface area contributed by atoms with E-state index in [9.17, 15) is 0 Å². The van der Waals surface area contributed by atoms with Crippen LogP contribution in [0.1, 0.15) is 11.1 Å². The number of nitrogens with one attached hydrogen (secondary N) is 1. The Morgan fingerprint density at radius 2 is 2.00 bits per heavy atom. The Balaban J connectivity index is 2.11. The quantitative estimate of drug-likeness (QED) is 0.666. The van der Waals surface area contributed by atoms with E-state index < -0.39 is 0 Å². The second-order valence-electron chi connectivity index (χ2n) is 3.69. The third-order valence-corrected chi connectivity index (χ3v) is 2.86. The predicted octanol–water partition coefficient (Wildman–Crippen LogP) is 1.10. The van der Waals surface area contributed by atoms with Crippen molar-refractivity contribution < 1.29 is 9.47 Å². The summed E-state index contributed by atoms with van der Waals surface area (Å²) in [5.74, 6) is 1.89. The van der Waals surface area contributed by atoms with Gasteiger partial charge in [-0.3, -0.25) is 0 Å². The molecule has 2 aliphatic rings. The van der Waals surface area contributed by atoms with Gasteiger partial charge in [0, 0.05) is 5.56 Å². The fraction of sp³-hybridized carbons (Fsp3) is 0.455. The minimum atomic E-state index is 0.374. The molecule has 2 aliphatic heterocycles. The van der Waals surface area contributed by atoms with Crippen molar-refractivity contribution in [3.63, 3.8) is 0 Å². The molecular weight excluding hydrogens is 178 g/mol. The van der Waals surface area contributed by atoms with E-state index in [-0.39, 0.29) is 0 Å². The van der Waals surface area contributed by atoms with Crippen LogP contribution in [0.5, 0.6) is 11.5 Å². The van der Waals surface area contributed by atoms with Gasteiger partial charge >= 0.3 is 0 Å². The van der Waals surface area contributed by atoms with Crippen molar-refractivity contribution in [2.75, 3.05) is 19.9 Å². The molecule has 3 rings (SSSR count). The fourth-order valence-electron chi connectivity index (χ4n) is 2.14. The van der Waals surface area contributed by atoms with E-state index >= 15 is 0 Å². The largest absolute Gasteiger partial charge is 0.454 e. The summed E-state index contributed by atoms with van der Waals surface area (Å²) in [5, 5.41) is 3.39. The van der Waals surface area contributed by atoms with Crippen LogP contribution >= 0.6 is 0 Å². The number of rotatable bonds is 0. The summed E-state index contributed by atoms with van der Waals surface area (Å²) in [6.07, 6.45) is 2.13. The minimum absolute atomic E-state index is 0.374. The first-order valence-electron chi connectivity index (χ1n) is 5.06. The van der Waals surface area contributed by atoms with Crippen molar-refractivity contribution >= 4 is 0 Å². The van der Waals surface area contributed by atoms with E-state index in [1.165, 1.54) is 11.1 Å². The molecule has 1 N–H and O–H groups in total. The first-order valence-corrected chi connectivity index (χ1v) is 5.06. The molecule has 0 amide bonds. The highest BCUT2D eigenvalue weighted by Gasteiger charge is 2.21. The molecule has 0 saturated heterocycles. The number of fused-ring (bicyclic) bond motifs is 3. The van der Waals surface area contributed by atoms with Gasteiger partial charge in [-0.1, -0.05) is 6.07 Å². The number of hydrogen-bond donors (Lipinski definition) is 1. The first-order chi connectivity index (χ1) is 6.95. The molecule has 3 nitrogen and oxygen atoms in total. The van der Waals surface area contributed by atoms with Crippen LogP contribution < -0.4 is 14.8 Å². The Hall–Kier alpha value is -1.22. The summed E-state index contributed by atoms with van der Waals surface area (Å²) in [7, 11) is 0. The van der Waals surface area contributed by atoms with Gasteiger partial charge in [0.05, 0.1) is 0 Å². The Morgan fingerprint density at radius 3 is 3.00 bits per heavy atom. The Bertz CT molecular complexity index is 363. The van der Waals surface area contributed by atoms with Gasteiger partial charge in [-0.05, 0) is 37.6 Å². The van der Waals surface area contributed by atoms with Crippen LogP contribution in [0.15, 0.2) is 12.1 Å². The molecule has 1 aromatic carbocycles. The van der Waals surface area contributed by atoms with Gasteiger partial charge in [0.2, 0.25) is 6.79 Å². The highest BCUT2D eigenvalue weighted by atomic mass is 16.7. The summed E-state index contributed by atoms with van der Waals surface area (Å²) in [6.45, 7) is 2.47. The predicted molar refractivity (Wildman–Crippen MR) is 52.8 cm³/mol. The maximum absolute atomic E-state index is 5.50. The molecule has 2 heterocycles. The van der Waals surface area contributed by atoms with Gasteiger partial charge in [-0.15, -0.1) is 0 Å². The standard InChI is InChI=1S/C11H13NO2/c1-2-10-11(14-7-13-10)9-4-6-12-5-3-8(1)9/h1-2,12H,3-7H2. The van der Waals surface area contributed by atoms with Crippen molar-refractivity contribution in [3.8, 4) is 11.5 Å². The van der Waals surface area contributed by atoms with Gasteiger partial charge in [0.25, 0.3) is 0 Å². The summed E-state index contributed by atoms with van der Waals surface area (Å²) in [5.41, 5.74) is 2.74. The molecule has 0 atom stereocenters. The van der Waals surface area contributed by atoms with Crippen molar-refractivity contribution in [1.82, 2.24) is 5.32 Å². The third kappa shape index (κ3) is 1.16. The number of ether oxygens (including phenoxy) is 2. The van der Waals surface area contributed by atoms with E-state index in [1.807, 2.05) is 6.07 Å². The smallest absolute Gasteiger partial charge is 0.231 e. The zero-order valence-corrected chi connectivity index (χ0v) is 8.01. The lowest BCUT2D eigenvalue weighted by molar-refractivity contribution is 0.173. The average molecular weight is 191 g/mol. The average Bonchev–Trinajstić information content (AvgIpc) is 2.55.